The van der Waals surface area contributed by atoms with E-state index in [1.54, 1.807) is 24.3 Å². The number of aliphatic hydroxyl groups excluding tert-OH is 1. The van der Waals surface area contributed by atoms with E-state index in [1.165, 1.54) is 0 Å². The minimum absolute atomic E-state index is 0.00567. The zero-order valence-corrected chi connectivity index (χ0v) is 11.2. The molecule has 0 aliphatic heterocycles. The van der Waals surface area contributed by atoms with E-state index < -0.39 is 18.5 Å². The molecule has 7 heteroatoms. The molecule has 0 aliphatic carbocycles. The largest absolute Gasteiger partial charge is 0.433 e. The van der Waals surface area contributed by atoms with Crippen LogP contribution in [0.3, 0.4) is 0 Å². The number of hydrogen-bond donors (Lipinski definition) is 1. The molecule has 0 amide bonds. The maximum Gasteiger partial charge on any atom is 0.433 e. The lowest BCUT2D eigenvalue weighted by Crippen LogP contribution is -2.17. The highest BCUT2D eigenvalue weighted by Crippen LogP contribution is 2.32. The van der Waals surface area contributed by atoms with Gasteiger partial charge in [0, 0.05) is 10.0 Å². The minimum Gasteiger partial charge on any atom is -0.392 e. The average molecular weight is 335 g/mol. The molecule has 1 heterocycles. The first-order valence-electron chi connectivity index (χ1n) is 5.39. The Kier molecular flexibility index (Phi) is 3.96. The Balaban J connectivity index is 2.38. The van der Waals surface area contributed by atoms with Crippen molar-refractivity contribution in [1.82, 2.24) is 9.78 Å². The molecule has 0 aliphatic rings. The average Bonchev–Trinajstić information content (AvgIpc) is 2.71. The molecule has 102 valence electrons. The van der Waals surface area contributed by atoms with Gasteiger partial charge in [0.1, 0.15) is 5.69 Å². The van der Waals surface area contributed by atoms with Crippen molar-refractivity contribution in [2.24, 2.45) is 0 Å². The van der Waals surface area contributed by atoms with Crippen LogP contribution in [0.25, 0.3) is 0 Å². The predicted molar refractivity (Wildman–Crippen MR) is 66.4 cm³/mol. The lowest BCUT2D eigenvalue weighted by Gasteiger charge is -2.12. The van der Waals surface area contributed by atoms with Crippen LogP contribution in [0.5, 0.6) is 0 Å². The van der Waals surface area contributed by atoms with Crippen LogP contribution in [0, 0.1) is 0 Å². The molecule has 0 saturated carbocycles. The van der Waals surface area contributed by atoms with Gasteiger partial charge in [0.25, 0.3) is 0 Å². The SMILES string of the molecule is OCc1cnn(Cc2cccc(Br)c2)c1C(F)(F)F. The van der Waals surface area contributed by atoms with Gasteiger partial charge in [-0.05, 0) is 17.7 Å². The van der Waals surface area contributed by atoms with E-state index in [4.69, 9.17) is 5.11 Å². The molecule has 1 N–H and O–H groups in total. The predicted octanol–water partition coefficient (Wildman–Crippen LogP) is 3.21. The first-order chi connectivity index (χ1) is 8.91. The third kappa shape index (κ3) is 3.16. The summed E-state index contributed by atoms with van der Waals surface area (Å²) in [6, 6.07) is 6.96. The number of alkyl halides is 3. The molecule has 0 spiro atoms. The van der Waals surface area contributed by atoms with Gasteiger partial charge in [0.15, 0.2) is 0 Å². The lowest BCUT2D eigenvalue weighted by atomic mass is 10.2. The highest BCUT2D eigenvalue weighted by molar-refractivity contribution is 9.10. The first kappa shape index (κ1) is 14.1. The van der Waals surface area contributed by atoms with Crippen molar-refractivity contribution in [3.05, 3.63) is 51.8 Å². The van der Waals surface area contributed by atoms with E-state index in [0.29, 0.717) is 5.56 Å². The molecule has 0 unspecified atom stereocenters. The van der Waals surface area contributed by atoms with Crippen molar-refractivity contribution in [3.8, 4) is 0 Å². The van der Waals surface area contributed by atoms with Crippen molar-refractivity contribution < 1.29 is 18.3 Å². The van der Waals surface area contributed by atoms with E-state index >= 15 is 0 Å². The number of hydrogen-bond acceptors (Lipinski definition) is 2. The van der Waals surface area contributed by atoms with Crippen LogP contribution < -0.4 is 0 Å². The van der Waals surface area contributed by atoms with Gasteiger partial charge in [0.05, 0.1) is 19.3 Å². The second-order valence-corrected chi connectivity index (χ2v) is 4.88. The van der Waals surface area contributed by atoms with Gasteiger partial charge >= 0.3 is 6.18 Å². The lowest BCUT2D eigenvalue weighted by molar-refractivity contribution is -0.145. The van der Waals surface area contributed by atoms with Crippen LogP contribution in [0.4, 0.5) is 13.2 Å². The minimum atomic E-state index is -4.54. The standard InChI is InChI=1S/C12H10BrF3N2O/c13-10-3-1-2-8(4-10)6-18-11(12(14,15)16)9(7-19)5-17-18/h1-5,19H,6-7H2. The number of nitrogens with zero attached hydrogens (tertiary/aromatic N) is 2. The van der Waals surface area contributed by atoms with Gasteiger partial charge < -0.3 is 5.11 Å². The Morgan fingerprint density at radius 3 is 2.63 bits per heavy atom. The molecule has 1 aromatic carbocycles. The van der Waals surface area contributed by atoms with Crippen molar-refractivity contribution >= 4 is 15.9 Å². The van der Waals surface area contributed by atoms with Crippen LogP contribution in [0.15, 0.2) is 34.9 Å². The van der Waals surface area contributed by atoms with Gasteiger partial charge in [-0.1, -0.05) is 28.1 Å². The van der Waals surface area contributed by atoms with Gasteiger partial charge in [-0.2, -0.15) is 18.3 Å². The molecule has 0 radical (unpaired) electrons. The summed E-state index contributed by atoms with van der Waals surface area (Å²) in [5, 5.41) is 12.6. The van der Waals surface area contributed by atoms with E-state index in [0.717, 1.165) is 15.4 Å². The summed E-state index contributed by atoms with van der Waals surface area (Å²) in [5.74, 6) is 0. The maximum atomic E-state index is 12.9. The van der Waals surface area contributed by atoms with Gasteiger partial charge in [-0.3, -0.25) is 4.68 Å². The molecule has 1 aromatic heterocycles. The molecular formula is C12H10BrF3N2O. The molecule has 0 fully saturated rings. The number of aromatic nitrogens is 2. The quantitative estimate of drug-likeness (QED) is 0.935. The van der Waals surface area contributed by atoms with Crippen molar-refractivity contribution in [2.45, 2.75) is 19.3 Å². The van der Waals surface area contributed by atoms with Gasteiger partial charge in [0.2, 0.25) is 0 Å². The number of aliphatic hydroxyl groups is 1. The fourth-order valence-electron chi connectivity index (χ4n) is 1.80. The Morgan fingerprint density at radius 2 is 2.05 bits per heavy atom. The highest BCUT2D eigenvalue weighted by atomic mass is 79.9. The Labute approximate surface area is 115 Å². The van der Waals surface area contributed by atoms with Crippen LogP contribution in [0.1, 0.15) is 16.8 Å². The molecule has 3 nitrogen and oxygen atoms in total. The van der Waals surface area contributed by atoms with Crippen molar-refractivity contribution in [2.75, 3.05) is 0 Å². The topological polar surface area (TPSA) is 38.1 Å². The van der Waals surface area contributed by atoms with Crippen molar-refractivity contribution in [3.63, 3.8) is 0 Å². The molecule has 0 bridgehead atoms. The molecular weight excluding hydrogens is 325 g/mol. The second-order valence-electron chi connectivity index (χ2n) is 3.96. The third-order valence-corrected chi connectivity index (χ3v) is 3.07. The second kappa shape index (κ2) is 5.34. The zero-order chi connectivity index (χ0) is 14.0. The third-order valence-electron chi connectivity index (χ3n) is 2.58. The Bertz CT molecular complexity index is 581. The van der Waals surface area contributed by atoms with Crippen molar-refractivity contribution in [1.29, 1.82) is 0 Å². The first-order valence-corrected chi connectivity index (χ1v) is 6.18. The number of halogens is 4. The normalized spacial score (nSPS) is 11.8. The van der Waals surface area contributed by atoms with Crippen LogP contribution >= 0.6 is 15.9 Å². The van der Waals surface area contributed by atoms with E-state index in [-0.39, 0.29) is 12.1 Å². The van der Waals surface area contributed by atoms with E-state index in [9.17, 15) is 13.2 Å². The van der Waals surface area contributed by atoms with Crippen LogP contribution in [-0.4, -0.2) is 14.9 Å². The fourth-order valence-corrected chi connectivity index (χ4v) is 2.24. The van der Waals surface area contributed by atoms with Crippen LogP contribution in [0.2, 0.25) is 0 Å². The smallest absolute Gasteiger partial charge is 0.392 e. The number of benzene rings is 1. The molecule has 0 saturated heterocycles. The molecule has 2 rings (SSSR count). The Morgan fingerprint density at radius 1 is 1.32 bits per heavy atom. The Hall–Kier alpha value is -1.34. The summed E-state index contributed by atoms with van der Waals surface area (Å²) in [6.07, 6.45) is -3.50. The summed E-state index contributed by atoms with van der Waals surface area (Å²) >= 11 is 3.26. The zero-order valence-electron chi connectivity index (χ0n) is 9.65. The van der Waals surface area contributed by atoms with Gasteiger partial charge in [-0.25, -0.2) is 0 Å². The van der Waals surface area contributed by atoms with E-state index in [2.05, 4.69) is 21.0 Å². The summed E-state index contributed by atoms with van der Waals surface area (Å²) < 4.78 is 40.4. The highest BCUT2D eigenvalue weighted by Gasteiger charge is 2.37. The monoisotopic (exact) mass is 334 g/mol. The van der Waals surface area contributed by atoms with Gasteiger partial charge in [-0.15, -0.1) is 0 Å². The van der Waals surface area contributed by atoms with Crippen LogP contribution in [-0.2, 0) is 19.3 Å². The molecule has 2 aromatic rings. The molecule has 0 atom stereocenters. The summed E-state index contributed by atoms with van der Waals surface area (Å²) in [5.41, 5.74) is -0.440. The maximum absolute atomic E-state index is 12.9. The number of rotatable bonds is 3. The van der Waals surface area contributed by atoms with E-state index in [1.807, 2.05) is 0 Å². The summed E-state index contributed by atoms with van der Waals surface area (Å²) in [4.78, 5) is 0. The molecule has 19 heavy (non-hydrogen) atoms. The summed E-state index contributed by atoms with van der Waals surface area (Å²) in [6.45, 7) is -0.693. The summed E-state index contributed by atoms with van der Waals surface area (Å²) in [7, 11) is 0. The fraction of sp³-hybridized carbons (Fsp3) is 0.250.